The number of hydrogen-bond donors (Lipinski definition) is 3. The summed E-state index contributed by atoms with van der Waals surface area (Å²) in [6, 6.07) is 16.6. The van der Waals surface area contributed by atoms with Gasteiger partial charge in [0, 0.05) is 16.9 Å². The molecule has 0 bridgehead atoms. The molecular formula is C20H20N2O3PS+. The maximum absolute atomic E-state index is 12.6. The summed E-state index contributed by atoms with van der Waals surface area (Å²) in [7, 11) is -2.20. The number of nitrogens with one attached hydrogen (secondary N) is 1. The summed E-state index contributed by atoms with van der Waals surface area (Å²) in [5, 5.41) is 4.86. The van der Waals surface area contributed by atoms with Crippen LogP contribution in [0, 0.1) is 0 Å². The second-order valence-corrected chi connectivity index (χ2v) is 8.72. The van der Waals surface area contributed by atoms with Gasteiger partial charge in [0.25, 0.3) is 5.91 Å². The third-order valence-electron chi connectivity index (χ3n) is 4.23. The number of anilines is 2. The molecule has 0 saturated carbocycles. The molecule has 1 aromatic heterocycles. The molecule has 138 valence electrons. The van der Waals surface area contributed by atoms with Gasteiger partial charge in [0.2, 0.25) is 0 Å². The topological polar surface area (TPSA) is 92.4 Å². The minimum absolute atomic E-state index is 0.252. The van der Waals surface area contributed by atoms with Crippen molar-refractivity contribution < 1.29 is 14.3 Å². The van der Waals surface area contributed by atoms with Crippen molar-refractivity contribution in [1.82, 2.24) is 0 Å². The van der Waals surface area contributed by atoms with Crippen LogP contribution in [0.15, 0.2) is 60.0 Å². The molecule has 0 radical (unpaired) electrons. The van der Waals surface area contributed by atoms with Gasteiger partial charge in [-0.2, -0.15) is 4.89 Å². The van der Waals surface area contributed by atoms with Crippen molar-refractivity contribution in [1.29, 1.82) is 0 Å². The summed E-state index contributed by atoms with van der Waals surface area (Å²) in [6.45, 7) is 1.72. The molecule has 3 aromatic rings. The quantitative estimate of drug-likeness (QED) is 0.405. The van der Waals surface area contributed by atoms with E-state index < -0.39 is 8.03 Å². The van der Waals surface area contributed by atoms with E-state index in [-0.39, 0.29) is 11.6 Å². The summed E-state index contributed by atoms with van der Waals surface area (Å²) in [6.07, 6.45) is 0.489. The van der Waals surface area contributed by atoms with Crippen molar-refractivity contribution in [2.24, 2.45) is 0 Å². The van der Waals surface area contributed by atoms with Crippen LogP contribution in [0.4, 0.5) is 11.4 Å². The molecule has 5 nitrogen and oxygen atoms in total. The molecular weight excluding hydrogens is 379 g/mol. The summed E-state index contributed by atoms with van der Waals surface area (Å²) in [5.41, 5.74) is 9.18. The molecule has 1 amide bonds. The van der Waals surface area contributed by atoms with E-state index in [0.29, 0.717) is 23.4 Å². The predicted molar refractivity (Wildman–Crippen MR) is 112 cm³/mol. The Labute approximate surface area is 162 Å². The lowest BCUT2D eigenvalue weighted by molar-refractivity contribution is 0.102. The molecule has 7 heteroatoms. The van der Waals surface area contributed by atoms with E-state index >= 15 is 0 Å². The SMILES string of the molecule is CC(Cc1ccc(C(=O)Nc2cc(-c3cccs3)ccc2N)cc1)[P+](=O)O. The van der Waals surface area contributed by atoms with Crippen molar-refractivity contribution in [3.8, 4) is 10.4 Å². The van der Waals surface area contributed by atoms with Gasteiger partial charge in [-0.1, -0.05) is 24.3 Å². The number of hydrogen-bond acceptors (Lipinski definition) is 4. The molecule has 3 rings (SSSR count). The fourth-order valence-corrected chi connectivity index (χ4v) is 3.76. The fraction of sp³-hybridized carbons (Fsp3) is 0.150. The molecule has 0 saturated heterocycles. The highest BCUT2D eigenvalue weighted by Crippen LogP contribution is 2.30. The zero-order valence-corrected chi connectivity index (χ0v) is 16.5. The molecule has 0 aliphatic heterocycles. The van der Waals surface area contributed by atoms with Crippen molar-refractivity contribution in [3.63, 3.8) is 0 Å². The number of nitrogens with two attached hydrogens (primary N) is 1. The third-order valence-corrected chi connectivity index (χ3v) is 6.09. The number of rotatable bonds is 6. The first-order valence-electron chi connectivity index (χ1n) is 8.43. The Morgan fingerprint density at radius 2 is 1.96 bits per heavy atom. The van der Waals surface area contributed by atoms with Crippen LogP contribution >= 0.6 is 19.4 Å². The van der Waals surface area contributed by atoms with E-state index in [1.807, 2.05) is 29.6 Å². The van der Waals surface area contributed by atoms with Crippen LogP contribution in [0.5, 0.6) is 0 Å². The molecule has 0 aliphatic carbocycles. The first-order chi connectivity index (χ1) is 12.9. The highest BCUT2D eigenvalue weighted by molar-refractivity contribution is 7.38. The smallest absolute Gasteiger partial charge is 0.397 e. The molecule has 4 N–H and O–H groups in total. The van der Waals surface area contributed by atoms with Gasteiger partial charge < -0.3 is 11.1 Å². The van der Waals surface area contributed by atoms with Gasteiger partial charge in [-0.15, -0.1) is 11.3 Å². The number of thiophene rings is 1. The zero-order valence-electron chi connectivity index (χ0n) is 14.8. The van der Waals surface area contributed by atoms with Gasteiger partial charge in [-0.25, -0.2) is 0 Å². The van der Waals surface area contributed by atoms with Crippen LogP contribution in [0.3, 0.4) is 0 Å². The number of amides is 1. The first-order valence-corrected chi connectivity index (χ1v) is 10.6. The predicted octanol–water partition coefficient (Wildman–Crippen LogP) is 4.92. The van der Waals surface area contributed by atoms with Crippen LogP contribution in [-0.4, -0.2) is 16.5 Å². The first kappa shape index (κ1) is 19.2. The second-order valence-electron chi connectivity index (χ2n) is 6.29. The second kappa shape index (κ2) is 8.44. The molecule has 1 heterocycles. The highest BCUT2D eigenvalue weighted by Gasteiger charge is 2.23. The Kier molecular flexibility index (Phi) is 6.01. The summed E-state index contributed by atoms with van der Waals surface area (Å²) in [5.74, 6) is -0.252. The lowest BCUT2D eigenvalue weighted by atomic mass is 10.1. The van der Waals surface area contributed by atoms with E-state index in [1.165, 1.54) is 0 Å². The standard InChI is InChI=1S/C20H19N2O3PS/c1-13(26(24)25)11-14-4-6-15(7-5-14)20(23)22-18-12-16(8-9-17(18)21)19-3-2-10-27-19/h2-10,12-13H,11,21H2,1H3,(H-,22,23,24,25)/p+1. The molecule has 2 atom stereocenters. The normalized spacial score (nSPS) is 12.4. The molecule has 2 aromatic carbocycles. The molecule has 0 aliphatic rings. The Balaban J connectivity index is 1.74. The Hall–Kier alpha value is -2.53. The van der Waals surface area contributed by atoms with Crippen molar-refractivity contribution in [2.45, 2.75) is 19.0 Å². The Morgan fingerprint density at radius 3 is 2.59 bits per heavy atom. The number of benzene rings is 2. The summed E-state index contributed by atoms with van der Waals surface area (Å²) in [4.78, 5) is 22.8. The third kappa shape index (κ3) is 4.80. The average Bonchev–Trinajstić information content (AvgIpc) is 3.18. The Bertz CT molecular complexity index is 956. The van der Waals surface area contributed by atoms with Crippen LogP contribution in [0.25, 0.3) is 10.4 Å². The maximum atomic E-state index is 12.6. The Morgan fingerprint density at radius 1 is 1.22 bits per heavy atom. The maximum Gasteiger partial charge on any atom is 0.508 e. The van der Waals surface area contributed by atoms with Crippen molar-refractivity contribution in [3.05, 3.63) is 71.1 Å². The monoisotopic (exact) mass is 399 g/mol. The van der Waals surface area contributed by atoms with Crippen LogP contribution < -0.4 is 11.1 Å². The van der Waals surface area contributed by atoms with Crippen molar-refractivity contribution >= 4 is 36.6 Å². The van der Waals surface area contributed by atoms with Gasteiger partial charge in [-0.05, 0) is 58.3 Å². The molecule has 2 unspecified atom stereocenters. The minimum atomic E-state index is -2.20. The molecule has 0 fully saturated rings. The largest absolute Gasteiger partial charge is 0.508 e. The van der Waals surface area contributed by atoms with Crippen LogP contribution in [0.2, 0.25) is 0 Å². The van der Waals surface area contributed by atoms with Gasteiger partial charge in [0.05, 0.1) is 11.4 Å². The summed E-state index contributed by atoms with van der Waals surface area (Å²) >= 11 is 1.62. The number of carbonyl (C=O) groups is 1. The fourth-order valence-electron chi connectivity index (χ4n) is 2.67. The number of nitrogen functional groups attached to an aromatic ring is 1. The van der Waals surface area contributed by atoms with E-state index in [2.05, 4.69) is 5.32 Å². The van der Waals surface area contributed by atoms with Gasteiger partial charge in [0.1, 0.15) is 0 Å². The van der Waals surface area contributed by atoms with E-state index in [9.17, 15) is 9.36 Å². The lowest BCUT2D eigenvalue weighted by Crippen LogP contribution is -2.13. The van der Waals surface area contributed by atoms with Crippen LogP contribution in [0.1, 0.15) is 22.8 Å². The minimum Gasteiger partial charge on any atom is -0.397 e. The van der Waals surface area contributed by atoms with Gasteiger partial charge in [-0.3, -0.25) is 4.79 Å². The van der Waals surface area contributed by atoms with E-state index in [4.69, 9.17) is 10.6 Å². The van der Waals surface area contributed by atoms with E-state index in [1.54, 1.807) is 48.6 Å². The molecule has 27 heavy (non-hydrogen) atoms. The van der Waals surface area contributed by atoms with Crippen LogP contribution in [-0.2, 0) is 11.0 Å². The zero-order chi connectivity index (χ0) is 19.4. The van der Waals surface area contributed by atoms with Gasteiger partial charge in [0.15, 0.2) is 5.66 Å². The van der Waals surface area contributed by atoms with E-state index in [0.717, 1.165) is 16.0 Å². The average molecular weight is 399 g/mol. The number of carbonyl (C=O) groups excluding carboxylic acids is 1. The van der Waals surface area contributed by atoms with Crippen molar-refractivity contribution in [2.75, 3.05) is 11.1 Å². The summed E-state index contributed by atoms with van der Waals surface area (Å²) < 4.78 is 11.1. The molecule has 0 spiro atoms. The van der Waals surface area contributed by atoms with Gasteiger partial charge >= 0.3 is 8.03 Å². The lowest BCUT2D eigenvalue weighted by Gasteiger charge is -2.10. The highest BCUT2D eigenvalue weighted by atomic mass is 32.1.